The van der Waals surface area contributed by atoms with Crippen molar-refractivity contribution >= 4 is 9.84 Å². The predicted octanol–water partition coefficient (Wildman–Crippen LogP) is 8.70. The first-order valence-corrected chi connectivity index (χ1v) is 19.8. The lowest BCUT2D eigenvalue weighted by Gasteiger charge is -2.28. The first-order chi connectivity index (χ1) is 24.5. The van der Waals surface area contributed by atoms with Gasteiger partial charge in [0.15, 0.2) is 0 Å². The van der Waals surface area contributed by atoms with Crippen LogP contribution in [0.5, 0.6) is 17.2 Å². The molecular formula is C44H62N4O4S. The fraction of sp³-hybridized carbons (Fsp3) is 0.455. The molecular weight excluding hydrogens is 681 g/mol. The summed E-state index contributed by atoms with van der Waals surface area (Å²) in [6, 6.07) is 22.9. The fourth-order valence-corrected chi connectivity index (χ4v) is 7.58. The first kappa shape index (κ1) is 42.0. The predicted molar refractivity (Wildman–Crippen MR) is 219 cm³/mol. The highest BCUT2D eigenvalue weighted by Gasteiger charge is 2.24. The highest BCUT2D eigenvalue weighted by Crippen LogP contribution is 2.40. The highest BCUT2D eigenvalue weighted by molar-refractivity contribution is 7.91. The van der Waals surface area contributed by atoms with Gasteiger partial charge in [-0.2, -0.15) is 0 Å². The smallest absolute Gasteiger partial charge is 0.206 e. The molecule has 0 spiro atoms. The van der Waals surface area contributed by atoms with E-state index >= 15 is 0 Å². The second-order valence-electron chi connectivity index (χ2n) is 17.3. The van der Waals surface area contributed by atoms with E-state index in [1.165, 1.54) is 0 Å². The Morgan fingerprint density at radius 2 is 0.849 bits per heavy atom. The van der Waals surface area contributed by atoms with Crippen molar-refractivity contribution in [2.75, 3.05) is 56.4 Å². The summed E-state index contributed by atoms with van der Waals surface area (Å²) in [5.41, 5.74) is 7.27. The molecule has 0 atom stereocenters. The minimum atomic E-state index is -3.70. The van der Waals surface area contributed by atoms with Crippen LogP contribution in [0.15, 0.2) is 82.6 Å². The van der Waals surface area contributed by atoms with E-state index in [0.29, 0.717) is 18.8 Å². The summed E-state index contributed by atoms with van der Waals surface area (Å²) in [7, 11) is 12.9. The molecule has 53 heavy (non-hydrogen) atoms. The molecule has 9 heteroatoms. The third-order valence-corrected chi connectivity index (χ3v) is 10.3. The maximum atomic E-state index is 13.6. The largest absolute Gasteiger partial charge is 0.487 e. The zero-order chi connectivity index (χ0) is 39.5. The van der Waals surface area contributed by atoms with Gasteiger partial charge in [0.2, 0.25) is 9.84 Å². The van der Waals surface area contributed by atoms with Gasteiger partial charge in [-0.15, -0.1) is 0 Å². The molecule has 0 aromatic heterocycles. The fourth-order valence-electron chi connectivity index (χ4n) is 6.32. The second-order valence-corrected chi connectivity index (χ2v) is 19.2. The van der Waals surface area contributed by atoms with Crippen LogP contribution in [0.3, 0.4) is 0 Å². The molecule has 8 nitrogen and oxygen atoms in total. The average molecular weight is 743 g/mol. The molecule has 0 aliphatic rings. The molecule has 0 fully saturated rings. The van der Waals surface area contributed by atoms with Crippen molar-refractivity contribution in [2.45, 2.75) is 88.5 Å². The lowest BCUT2D eigenvalue weighted by molar-refractivity contribution is 0.125. The molecule has 0 bridgehead atoms. The number of benzene rings is 4. The van der Waals surface area contributed by atoms with Crippen molar-refractivity contribution in [3.05, 3.63) is 101 Å². The molecule has 0 unspecified atom stereocenters. The van der Waals surface area contributed by atoms with Crippen LogP contribution in [0.4, 0.5) is 0 Å². The van der Waals surface area contributed by atoms with E-state index in [0.717, 1.165) is 63.5 Å². The molecule has 0 heterocycles. The summed E-state index contributed by atoms with van der Waals surface area (Å²) in [6.45, 7) is 15.4. The Morgan fingerprint density at radius 3 is 1.17 bits per heavy atom. The van der Waals surface area contributed by atoms with E-state index in [9.17, 15) is 8.42 Å². The SMILES string of the molecule is CN(C)Cc1cc(-c2cc(CN(C)C)c(OC(C)(C)C)c(CN(C)C)c2)cc(CN(C)C)c1Oc1ccc(S(=O)(=O)c2ccc(C(C)(C)C)cc2)cc1. The maximum Gasteiger partial charge on any atom is 0.206 e. The molecule has 0 aliphatic carbocycles. The number of hydrogen-bond donors (Lipinski definition) is 0. The topological polar surface area (TPSA) is 65.6 Å². The monoisotopic (exact) mass is 742 g/mol. The molecule has 4 aromatic carbocycles. The molecule has 0 aliphatic heterocycles. The minimum Gasteiger partial charge on any atom is -0.487 e. The molecule has 288 valence electrons. The normalized spacial score (nSPS) is 12.7. The van der Waals surface area contributed by atoms with Gasteiger partial charge in [-0.1, -0.05) is 32.9 Å². The van der Waals surface area contributed by atoms with Gasteiger partial charge in [0.05, 0.1) is 9.79 Å². The van der Waals surface area contributed by atoms with Crippen LogP contribution >= 0.6 is 0 Å². The van der Waals surface area contributed by atoms with Crippen LogP contribution in [0.1, 0.15) is 69.4 Å². The summed E-state index contributed by atoms with van der Waals surface area (Å²) < 4.78 is 40.5. The highest BCUT2D eigenvalue weighted by atomic mass is 32.2. The van der Waals surface area contributed by atoms with Gasteiger partial charge in [-0.3, -0.25) is 0 Å². The van der Waals surface area contributed by atoms with E-state index in [1.54, 1.807) is 36.4 Å². The number of nitrogens with zero attached hydrogens (tertiary/aromatic N) is 4. The van der Waals surface area contributed by atoms with Gasteiger partial charge in [0, 0.05) is 48.4 Å². The zero-order valence-corrected chi connectivity index (χ0v) is 35.4. The van der Waals surface area contributed by atoms with Gasteiger partial charge >= 0.3 is 0 Å². The Balaban J connectivity index is 1.81. The summed E-state index contributed by atoms with van der Waals surface area (Å²) in [5, 5.41) is 0. The van der Waals surface area contributed by atoms with E-state index in [1.807, 2.05) is 12.1 Å². The molecule has 0 N–H and O–H groups in total. The van der Waals surface area contributed by atoms with Crippen LogP contribution in [-0.2, 0) is 41.4 Å². The van der Waals surface area contributed by atoms with Gasteiger partial charge in [-0.05, 0) is 160 Å². The van der Waals surface area contributed by atoms with Gasteiger partial charge in [0.1, 0.15) is 22.8 Å². The van der Waals surface area contributed by atoms with Crippen molar-refractivity contribution in [1.82, 2.24) is 19.6 Å². The number of ether oxygens (including phenoxy) is 2. The summed E-state index contributed by atoms with van der Waals surface area (Å²) in [4.78, 5) is 9.14. The van der Waals surface area contributed by atoms with Crippen molar-refractivity contribution in [3.8, 4) is 28.4 Å². The van der Waals surface area contributed by atoms with Crippen LogP contribution in [0.25, 0.3) is 11.1 Å². The Hall–Kier alpha value is -3.73. The van der Waals surface area contributed by atoms with Crippen LogP contribution < -0.4 is 9.47 Å². The van der Waals surface area contributed by atoms with Crippen molar-refractivity contribution in [1.29, 1.82) is 0 Å². The molecule has 4 aromatic rings. The minimum absolute atomic E-state index is 0.0634. The number of rotatable bonds is 14. The Labute approximate surface area is 320 Å². The Morgan fingerprint density at radius 1 is 0.509 bits per heavy atom. The van der Waals surface area contributed by atoms with Crippen molar-refractivity contribution in [3.63, 3.8) is 0 Å². The Bertz CT molecular complexity index is 1890. The van der Waals surface area contributed by atoms with Crippen LogP contribution in [-0.4, -0.2) is 90.0 Å². The quantitative estimate of drug-likeness (QED) is 0.127. The summed E-state index contributed by atoms with van der Waals surface area (Å²) in [6.07, 6.45) is 0. The summed E-state index contributed by atoms with van der Waals surface area (Å²) >= 11 is 0. The lowest BCUT2D eigenvalue weighted by atomic mass is 9.87. The van der Waals surface area contributed by atoms with Crippen LogP contribution in [0, 0.1) is 0 Å². The van der Waals surface area contributed by atoms with E-state index in [-0.39, 0.29) is 20.8 Å². The number of hydrogen-bond acceptors (Lipinski definition) is 8. The third kappa shape index (κ3) is 11.4. The number of sulfone groups is 1. The van der Waals surface area contributed by atoms with E-state index in [4.69, 9.17) is 9.47 Å². The van der Waals surface area contributed by atoms with Crippen molar-refractivity contribution < 1.29 is 17.9 Å². The second kappa shape index (κ2) is 16.7. The first-order valence-electron chi connectivity index (χ1n) is 18.3. The van der Waals surface area contributed by atoms with Gasteiger partial charge in [-0.25, -0.2) is 8.42 Å². The average Bonchev–Trinajstić information content (AvgIpc) is 3.02. The molecule has 0 radical (unpaired) electrons. The summed E-state index contributed by atoms with van der Waals surface area (Å²) in [5.74, 6) is 2.29. The maximum absolute atomic E-state index is 13.6. The van der Waals surface area contributed by atoms with Gasteiger partial charge < -0.3 is 29.1 Å². The van der Waals surface area contributed by atoms with Crippen LogP contribution in [0.2, 0.25) is 0 Å². The van der Waals surface area contributed by atoms with Crippen molar-refractivity contribution in [2.24, 2.45) is 0 Å². The zero-order valence-electron chi connectivity index (χ0n) is 34.6. The third-order valence-electron chi connectivity index (χ3n) is 8.56. The Kier molecular flexibility index (Phi) is 13.3. The standard InChI is InChI=1S/C44H62N4O4S/c1-43(2,3)37-15-19-39(20-16-37)53(49,50)40-21-17-38(18-22-40)51-41-33(27-45(7)8)23-31(24-34(41)28-46(9)10)32-25-35(29-47(11)12)42(52-44(4,5)6)36(26-32)30-48(13)14/h15-26H,27-30H2,1-14H3. The van der Waals surface area contributed by atoms with E-state index < -0.39 is 9.84 Å². The lowest BCUT2D eigenvalue weighted by Crippen LogP contribution is -2.26. The van der Waals surface area contributed by atoms with Gasteiger partial charge in [0.25, 0.3) is 0 Å². The molecule has 0 amide bonds. The molecule has 4 rings (SSSR count). The molecule has 0 saturated carbocycles. The molecule has 0 saturated heterocycles. The van der Waals surface area contributed by atoms with E-state index in [2.05, 4.69) is 142 Å².